The van der Waals surface area contributed by atoms with Gasteiger partial charge >= 0.3 is 5.97 Å². The molecule has 0 amide bonds. The van der Waals surface area contributed by atoms with Crippen LogP contribution in [-0.4, -0.2) is 31.1 Å². The maximum Gasteiger partial charge on any atom is 0.328 e. The molecule has 1 aromatic rings. The lowest BCUT2D eigenvalue weighted by Gasteiger charge is -2.25. The molecular formula is C12H17NO2S. The zero-order valence-electron chi connectivity index (χ0n) is 9.90. The molecule has 1 atom stereocenters. The molecule has 1 aromatic heterocycles. The Kier molecular flexibility index (Phi) is 3.30. The number of rotatable bonds is 4. The fourth-order valence-corrected chi connectivity index (χ4v) is 2.99. The molecule has 1 heterocycles. The van der Waals surface area contributed by atoms with Crippen LogP contribution in [-0.2, 0) is 9.53 Å². The molecule has 4 heteroatoms. The first-order valence-electron chi connectivity index (χ1n) is 5.49. The highest BCUT2D eigenvalue weighted by Gasteiger charge is 2.37. The number of aryl methyl sites for hydroxylation is 1. The number of ether oxygens (including phenoxy) is 1. The van der Waals surface area contributed by atoms with Crippen LogP contribution in [0.15, 0.2) is 11.4 Å². The summed E-state index contributed by atoms with van der Waals surface area (Å²) in [6.07, 6.45) is 2.38. The molecule has 2 rings (SSSR count). The molecule has 1 aliphatic rings. The van der Waals surface area contributed by atoms with Crippen LogP contribution in [0.4, 0.5) is 0 Å². The molecule has 0 bridgehead atoms. The molecule has 16 heavy (non-hydrogen) atoms. The van der Waals surface area contributed by atoms with Crippen LogP contribution in [0.5, 0.6) is 0 Å². The van der Waals surface area contributed by atoms with Gasteiger partial charge in [0.05, 0.1) is 7.11 Å². The minimum Gasteiger partial charge on any atom is -0.468 e. The number of carbonyl (C=O) groups excluding carboxylic acids is 1. The van der Waals surface area contributed by atoms with Gasteiger partial charge in [0.15, 0.2) is 0 Å². The van der Waals surface area contributed by atoms with Crippen molar-refractivity contribution in [3.63, 3.8) is 0 Å². The van der Waals surface area contributed by atoms with Crippen molar-refractivity contribution in [2.75, 3.05) is 14.2 Å². The highest BCUT2D eigenvalue weighted by molar-refractivity contribution is 7.10. The number of carbonyl (C=O) groups is 1. The standard InChI is InChI=1S/C12H17NO2S/c1-8-6-7-16-11(8)10(12(14)15-3)13(2)9-4-5-9/h6-7,9-10H,4-5H2,1-3H3. The molecule has 88 valence electrons. The average Bonchev–Trinajstić information content (AvgIpc) is 3.04. The van der Waals surface area contributed by atoms with Gasteiger partial charge in [-0.15, -0.1) is 11.3 Å². The lowest BCUT2D eigenvalue weighted by Crippen LogP contribution is -2.33. The van der Waals surface area contributed by atoms with E-state index in [2.05, 4.69) is 11.0 Å². The number of likely N-dealkylation sites (N-methyl/N-ethyl adjacent to an activating group) is 1. The van der Waals surface area contributed by atoms with Gasteiger partial charge in [0.1, 0.15) is 6.04 Å². The summed E-state index contributed by atoms with van der Waals surface area (Å²) in [5.74, 6) is -0.153. The van der Waals surface area contributed by atoms with Gasteiger partial charge < -0.3 is 4.74 Å². The van der Waals surface area contributed by atoms with Crippen molar-refractivity contribution in [3.05, 3.63) is 21.9 Å². The Bertz CT molecular complexity index is 384. The van der Waals surface area contributed by atoms with E-state index in [1.807, 2.05) is 19.4 Å². The van der Waals surface area contributed by atoms with Crippen molar-refractivity contribution in [2.24, 2.45) is 0 Å². The van der Waals surface area contributed by atoms with E-state index >= 15 is 0 Å². The first-order valence-corrected chi connectivity index (χ1v) is 6.37. The van der Waals surface area contributed by atoms with E-state index in [9.17, 15) is 4.79 Å². The lowest BCUT2D eigenvalue weighted by molar-refractivity contribution is -0.146. The summed E-state index contributed by atoms with van der Waals surface area (Å²) in [6, 6.07) is 2.37. The number of esters is 1. The first-order chi connectivity index (χ1) is 7.65. The van der Waals surface area contributed by atoms with Gasteiger partial charge in [-0.1, -0.05) is 0 Å². The SMILES string of the molecule is COC(=O)C(c1sccc1C)N(C)C1CC1. The van der Waals surface area contributed by atoms with E-state index in [1.165, 1.54) is 25.5 Å². The number of hydrogen-bond acceptors (Lipinski definition) is 4. The Morgan fingerprint density at radius 3 is 2.75 bits per heavy atom. The van der Waals surface area contributed by atoms with Crippen molar-refractivity contribution >= 4 is 17.3 Å². The maximum absolute atomic E-state index is 11.9. The summed E-state index contributed by atoms with van der Waals surface area (Å²) >= 11 is 1.63. The molecule has 1 fully saturated rings. The van der Waals surface area contributed by atoms with Crippen LogP contribution >= 0.6 is 11.3 Å². The van der Waals surface area contributed by atoms with E-state index in [1.54, 1.807) is 11.3 Å². The summed E-state index contributed by atoms with van der Waals surface area (Å²) < 4.78 is 4.92. The van der Waals surface area contributed by atoms with Crippen molar-refractivity contribution in [3.8, 4) is 0 Å². The summed E-state index contributed by atoms with van der Waals surface area (Å²) in [5, 5.41) is 2.03. The van der Waals surface area contributed by atoms with Gasteiger partial charge in [-0.05, 0) is 43.8 Å². The molecule has 0 aliphatic heterocycles. The Hall–Kier alpha value is -0.870. The third kappa shape index (κ3) is 2.13. The van der Waals surface area contributed by atoms with E-state index < -0.39 is 0 Å². The summed E-state index contributed by atoms with van der Waals surface area (Å²) in [7, 11) is 3.47. The zero-order valence-corrected chi connectivity index (χ0v) is 10.7. The molecule has 0 spiro atoms. The lowest BCUT2D eigenvalue weighted by atomic mass is 10.1. The fourth-order valence-electron chi connectivity index (χ4n) is 1.93. The molecule has 0 aromatic carbocycles. The number of methoxy groups -OCH3 is 1. The van der Waals surface area contributed by atoms with Crippen LogP contribution in [0.2, 0.25) is 0 Å². The topological polar surface area (TPSA) is 29.5 Å². The summed E-state index contributed by atoms with van der Waals surface area (Å²) in [5.41, 5.74) is 1.17. The predicted molar refractivity (Wildman–Crippen MR) is 64.6 cm³/mol. The second-order valence-corrected chi connectivity index (χ2v) is 5.24. The molecule has 1 saturated carbocycles. The predicted octanol–water partition coefficient (Wildman–Crippen LogP) is 2.36. The van der Waals surface area contributed by atoms with Crippen LogP contribution in [0.3, 0.4) is 0 Å². The normalized spacial score (nSPS) is 17.5. The van der Waals surface area contributed by atoms with Gasteiger partial charge in [-0.25, -0.2) is 4.79 Å². The van der Waals surface area contributed by atoms with Crippen molar-refractivity contribution < 1.29 is 9.53 Å². The summed E-state index contributed by atoms with van der Waals surface area (Å²) in [6.45, 7) is 2.04. The second-order valence-electron chi connectivity index (χ2n) is 4.29. The van der Waals surface area contributed by atoms with E-state index in [0.717, 1.165) is 4.88 Å². The van der Waals surface area contributed by atoms with Crippen LogP contribution < -0.4 is 0 Å². The molecule has 1 aliphatic carbocycles. The Balaban J connectivity index is 2.27. The van der Waals surface area contributed by atoms with Crippen LogP contribution in [0, 0.1) is 6.92 Å². The number of nitrogens with zero attached hydrogens (tertiary/aromatic N) is 1. The average molecular weight is 239 g/mol. The first kappa shape index (κ1) is 11.6. The monoisotopic (exact) mass is 239 g/mol. The van der Waals surface area contributed by atoms with E-state index in [4.69, 9.17) is 4.74 Å². The van der Waals surface area contributed by atoms with Crippen molar-refractivity contribution in [2.45, 2.75) is 31.8 Å². The molecule has 0 N–H and O–H groups in total. The molecule has 3 nitrogen and oxygen atoms in total. The highest BCUT2D eigenvalue weighted by atomic mass is 32.1. The number of thiophene rings is 1. The number of hydrogen-bond donors (Lipinski definition) is 0. The Labute approximate surface area is 100 Å². The Morgan fingerprint density at radius 2 is 2.31 bits per heavy atom. The fraction of sp³-hybridized carbons (Fsp3) is 0.583. The maximum atomic E-state index is 11.9. The van der Waals surface area contributed by atoms with Crippen LogP contribution in [0.1, 0.15) is 29.3 Å². The minimum atomic E-state index is -0.225. The van der Waals surface area contributed by atoms with Gasteiger partial charge in [0.2, 0.25) is 0 Å². The van der Waals surface area contributed by atoms with Crippen molar-refractivity contribution in [1.82, 2.24) is 4.90 Å². The second kappa shape index (κ2) is 4.55. The molecular weight excluding hydrogens is 222 g/mol. The van der Waals surface area contributed by atoms with E-state index in [-0.39, 0.29) is 12.0 Å². The third-order valence-corrected chi connectivity index (χ3v) is 4.18. The molecule has 1 unspecified atom stereocenters. The Morgan fingerprint density at radius 1 is 1.62 bits per heavy atom. The molecule has 0 radical (unpaired) electrons. The third-order valence-electron chi connectivity index (χ3n) is 3.10. The zero-order chi connectivity index (χ0) is 11.7. The largest absolute Gasteiger partial charge is 0.468 e. The van der Waals surface area contributed by atoms with Gasteiger partial charge in [-0.3, -0.25) is 4.90 Å². The molecule has 0 saturated heterocycles. The minimum absolute atomic E-state index is 0.153. The van der Waals surface area contributed by atoms with Gasteiger partial charge in [0, 0.05) is 10.9 Å². The summed E-state index contributed by atoms with van der Waals surface area (Å²) in [4.78, 5) is 15.1. The quantitative estimate of drug-likeness (QED) is 0.755. The van der Waals surface area contributed by atoms with Crippen LogP contribution in [0.25, 0.3) is 0 Å². The van der Waals surface area contributed by atoms with Crippen molar-refractivity contribution in [1.29, 1.82) is 0 Å². The van der Waals surface area contributed by atoms with Gasteiger partial charge in [0.25, 0.3) is 0 Å². The smallest absolute Gasteiger partial charge is 0.328 e. The van der Waals surface area contributed by atoms with E-state index in [0.29, 0.717) is 6.04 Å². The van der Waals surface area contributed by atoms with Gasteiger partial charge in [-0.2, -0.15) is 0 Å². The highest BCUT2D eigenvalue weighted by Crippen LogP contribution is 2.36.